The van der Waals surface area contributed by atoms with Crippen molar-refractivity contribution >= 4 is 28.1 Å². The van der Waals surface area contributed by atoms with Crippen LogP contribution >= 0.6 is 11.3 Å². The van der Waals surface area contributed by atoms with E-state index >= 15 is 0 Å². The van der Waals surface area contributed by atoms with Crippen LogP contribution in [0, 0.1) is 24.0 Å². The zero-order chi connectivity index (χ0) is 20.3. The number of hydrogen-bond donors (Lipinski definition) is 1. The topological polar surface area (TPSA) is 121 Å². The highest BCUT2D eigenvalue weighted by Gasteiger charge is 2.25. The van der Waals surface area contributed by atoms with E-state index in [-0.39, 0.29) is 24.9 Å². The van der Waals surface area contributed by atoms with Gasteiger partial charge in [-0.2, -0.15) is 5.10 Å². The summed E-state index contributed by atoms with van der Waals surface area (Å²) < 4.78 is 12.2. The SMILES string of the molecule is CCOC(=O)c1sc(NC[C@H]2CCCO2)nc1Cn1nc(C)c([N+](=O)[O-])c1C. The Kier molecular flexibility index (Phi) is 6.25. The lowest BCUT2D eigenvalue weighted by Crippen LogP contribution is -2.18. The summed E-state index contributed by atoms with van der Waals surface area (Å²) in [6, 6.07) is 0. The van der Waals surface area contributed by atoms with E-state index in [9.17, 15) is 14.9 Å². The Morgan fingerprint density at radius 1 is 1.50 bits per heavy atom. The third-order valence-electron chi connectivity index (χ3n) is 4.49. The molecular formula is C17H23N5O5S. The van der Waals surface area contributed by atoms with E-state index in [1.54, 1.807) is 20.8 Å². The molecule has 2 aromatic rings. The van der Waals surface area contributed by atoms with Gasteiger partial charge in [0.1, 0.15) is 16.3 Å². The first-order chi connectivity index (χ1) is 13.4. The normalized spacial score (nSPS) is 16.3. The molecule has 152 valence electrons. The number of thiazole rings is 1. The predicted octanol–water partition coefficient (Wildman–Crippen LogP) is 2.68. The molecule has 1 aliphatic rings. The maximum absolute atomic E-state index is 12.4. The number of aryl methyl sites for hydroxylation is 1. The molecule has 1 fully saturated rings. The summed E-state index contributed by atoms with van der Waals surface area (Å²) >= 11 is 1.21. The number of aromatic nitrogens is 3. The Morgan fingerprint density at radius 2 is 2.29 bits per heavy atom. The molecule has 2 aromatic heterocycles. The van der Waals surface area contributed by atoms with E-state index in [0.29, 0.717) is 33.6 Å². The summed E-state index contributed by atoms with van der Waals surface area (Å²) in [7, 11) is 0. The standard InChI is InChI=1S/C17H23N5O5S/c1-4-26-16(23)15-13(9-21-11(3)14(22(24)25)10(2)20-21)19-17(28-15)18-8-12-6-5-7-27-12/h12H,4-9H2,1-3H3,(H,18,19)/t12-/m1/s1. The van der Waals surface area contributed by atoms with E-state index < -0.39 is 10.9 Å². The summed E-state index contributed by atoms with van der Waals surface area (Å²) in [4.78, 5) is 28.0. The number of nitro groups is 1. The van der Waals surface area contributed by atoms with Gasteiger partial charge < -0.3 is 14.8 Å². The summed E-state index contributed by atoms with van der Waals surface area (Å²) in [6.07, 6.45) is 2.17. The second kappa shape index (κ2) is 8.65. The van der Waals surface area contributed by atoms with E-state index in [4.69, 9.17) is 9.47 Å². The maximum Gasteiger partial charge on any atom is 0.350 e. The van der Waals surface area contributed by atoms with Crippen molar-refractivity contribution in [2.75, 3.05) is 25.1 Å². The van der Waals surface area contributed by atoms with Crippen molar-refractivity contribution in [2.45, 2.75) is 46.3 Å². The summed E-state index contributed by atoms with van der Waals surface area (Å²) in [6.45, 7) is 6.72. The van der Waals surface area contributed by atoms with Crippen molar-refractivity contribution < 1.29 is 19.2 Å². The van der Waals surface area contributed by atoms with Crippen molar-refractivity contribution in [3.63, 3.8) is 0 Å². The molecular weight excluding hydrogens is 386 g/mol. The number of rotatable bonds is 8. The van der Waals surface area contributed by atoms with Crippen LogP contribution in [0.3, 0.4) is 0 Å². The van der Waals surface area contributed by atoms with Gasteiger partial charge in [0.2, 0.25) is 0 Å². The van der Waals surface area contributed by atoms with Gasteiger partial charge in [0, 0.05) is 13.2 Å². The maximum atomic E-state index is 12.4. The Balaban J connectivity index is 1.84. The minimum absolute atomic E-state index is 0.0235. The molecule has 0 spiro atoms. The highest BCUT2D eigenvalue weighted by atomic mass is 32.1. The first-order valence-corrected chi connectivity index (χ1v) is 9.93. The summed E-state index contributed by atoms with van der Waals surface area (Å²) in [5.74, 6) is -0.462. The molecule has 3 heterocycles. The minimum atomic E-state index is -0.462. The van der Waals surface area contributed by atoms with Crippen molar-refractivity contribution in [3.8, 4) is 0 Å². The lowest BCUT2D eigenvalue weighted by molar-refractivity contribution is -0.386. The largest absolute Gasteiger partial charge is 0.462 e. The van der Waals surface area contributed by atoms with E-state index in [1.807, 2.05) is 0 Å². The number of nitrogens with zero attached hydrogens (tertiary/aromatic N) is 4. The van der Waals surface area contributed by atoms with Crippen LogP contribution in [-0.2, 0) is 16.0 Å². The molecule has 1 N–H and O–H groups in total. The first kappa shape index (κ1) is 20.2. The molecule has 0 aromatic carbocycles. The number of nitrogens with one attached hydrogen (secondary N) is 1. The molecule has 28 heavy (non-hydrogen) atoms. The van der Waals surface area contributed by atoms with E-state index in [2.05, 4.69) is 15.4 Å². The van der Waals surface area contributed by atoms with Crippen LogP contribution in [0.15, 0.2) is 0 Å². The van der Waals surface area contributed by atoms with Crippen LogP contribution in [0.4, 0.5) is 10.8 Å². The van der Waals surface area contributed by atoms with Gasteiger partial charge in [-0.25, -0.2) is 9.78 Å². The van der Waals surface area contributed by atoms with Crippen LogP contribution in [0.5, 0.6) is 0 Å². The molecule has 1 atom stereocenters. The van der Waals surface area contributed by atoms with Gasteiger partial charge in [0.15, 0.2) is 5.13 Å². The minimum Gasteiger partial charge on any atom is -0.462 e. The highest BCUT2D eigenvalue weighted by Crippen LogP contribution is 2.28. The van der Waals surface area contributed by atoms with Crippen LogP contribution in [0.1, 0.15) is 46.5 Å². The molecule has 0 unspecified atom stereocenters. The molecule has 0 bridgehead atoms. The lowest BCUT2D eigenvalue weighted by atomic mass is 10.2. The molecule has 3 rings (SSSR count). The predicted molar refractivity (Wildman–Crippen MR) is 103 cm³/mol. The van der Waals surface area contributed by atoms with Crippen molar-refractivity contribution in [3.05, 3.63) is 32.1 Å². The number of esters is 1. The Bertz CT molecular complexity index is 872. The van der Waals surface area contributed by atoms with E-state index in [0.717, 1.165) is 19.4 Å². The molecule has 11 heteroatoms. The second-order valence-electron chi connectivity index (χ2n) is 6.47. The van der Waals surface area contributed by atoms with Crippen molar-refractivity contribution in [1.82, 2.24) is 14.8 Å². The number of carbonyl (C=O) groups is 1. The number of anilines is 1. The fourth-order valence-electron chi connectivity index (χ4n) is 3.14. The van der Waals surface area contributed by atoms with Gasteiger partial charge in [0.05, 0.1) is 29.9 Å². The third-order valence-corrected chi connectivity index (χ3v) is 5.52. The van der Waals surface area contributed by atoms with Gasteiger partial charge in [-0.1, -0.05) is 11.3 Å². The first-order valence-electron chi connectivity index (χ1n) is 9.11. The van der Waals surface area contributed by atoms with Gasteiger partial charge in [-0.05, 0) is 33.6 Å². The molecule has 0 radical (unpaired) electrons. The fraction of sp³-hybridized carbons (Fsp3) is 0.588. The zero-order valence-corrected chi connectivity index (χ0v) is 16.9. The van der Waals surface area contributed by atoms with Gasteiger partial charge in [-0.15, -0.1) is 0 Å². The van der Waals surface area contributed by atoms with Crippen molar-refractivity contribution in [2.24, 2.45) is 0 Å². The van der Waals surface area contributed by atoms with E-state index in [1.165, 1.54) is 16.0 Å². The zero-order valence-electron chi connectivity index (χ0n) is 16.1. The molecule has 0 aliphatic carbocycles. The second-order valence-corrected chi connectivity index (χ2v) is 7.46. The van der Waals surface area contributed by atoms with Crippen molar-refractivity contribution in [1.29, 1.82) is 0 Å². The van der Waals surface area contributed by atoms with Crippen LogP contribution in [-0.4, -0.2) is 51.5 Å². The molecule has 10 nitrogen and oxygen atoms in total. The van der Waals surface area contributed by atoms with Gasteiger partial charge in [-0.3, -0.25) is 14.8 Å². The van der Waals surface area contributed by atoms with Crippen LogP contribution < -0.4 is 5.32 Å². The third kappa shape index (κ3) is 4.30. The molecule has 0 amide bonds. The Hall–Kier alpha value is -2.53. The fourth-order valence-corrected chi connectivity index (χ4v) is 4.02. The average Bonchev–Trinajstić information content (AvgIpc) is 3.34. The molecule has 1 saturated heterocycles. The molecule has 1 aliphatic heterocycles. The van der Waals surface area contributed by atoms with Gasteiger partial charge in [0.25, 0.3) is 0 Å². The smallest absolute Gasteiger partial charge is 0.350 e. The quantitative estimate of drug-likeness (QED) is 0.401. The summed E-state index contributed by atoms with van der Waals surface area (Å²) in [5, 5.41) is 19.3. The number of ether oxygens (including phenoxy) is 2. The Labute approximate surface area is 166 Å². The molecule has 0 saturated carbocycles. The lowest BCUT2D eigenvalue weighted by Gasteiger charge is -2.09. The highest BCUT2D eigenvalue weighted by molar-refractivity contribution is 7.17. The number of hydrogen-bond acceptors (Lipinski definition) is 9. The monoisotopic (exact) mass is 409 g/mol. The number of carbonyl (C=O) groups excluding carboxylic acids is 1. The summed E-state index contributed by atoms with van der Waals surface area (Å²) in [5.41, 5.74) is 1.19. The van der Waals surface area contributed by atoms with Gasteiger partial charge >= 0.3 is 11.7 Å². The van der Waals surface area contributed by atoms with Crippen LogP contribution in [0.2, 0.25) is 0 Å². The Morgan fingerprint density at radius 3 is 2.89 bits per heavy atom. The average molecular weight is 409 g/mol. The van der Waals surface area contributed by atoms with Crippen LogP contribution in [0.25, 0.3) is 0 Å².